The van der Waals surface area contributed by atoms with Gasteiger partial charge >= 0.3 is 0 Å². The Morgan fingerprint density at radius 1 is 1.70 bits per heavy atom. The number of hydrogen-bond acceptors (Lipinski definition) is 3. The third kappa shape index (κ3) is 1.73. The lowest BCUT2D eigenvalue weighted by Crippen LogP contribution is -2.06. The number of nitrogens with zero attached hydrogens (tertiary/aromatic N) is 3. The molecule has 1 fully saturated rings. The van der Waals surface area contributed by atoms with Gasteiger partial charge in [0, 0.05) is 12.8 Å². The molecule has 1 rings (SSSR count). The van der Waals surface area contributed by atoms with Crippen molar-refractivity contribution in [3.63, 3.8) is 0 Å². The molecule has 0 bridgehead atoms. The van der Waals surface area contributed by atoms with E-state index in [0.717, 1.165) is 5.71 Å². The molecule has 0 radical (unpaired) electrons. The molecule has 0 spiro atoms. The van der Waals surface area contributed by atoms with E-state index in [9.17, 15) is 0 Å². The van der Waals surface area contributed by atoms with Gasteiger partial charge < -0.3 is 0 Å². The number of hydrogen-bond donors (Lipinski definition) is 0. The standard InChI is InChI=1S/C7H11N3/c1-6(7-3-4-7)9-10(2)5-8/h7H,3-4H2,1-2H3. The highest BCUT2D eigenvalue weighted by atomic mass is 15.4. The van der Waals surface area contributed by atoms with Crippen molar-refractivity contribution in [2.45, 2.75) is 19.8 Å². The van der Waals surface area contributed by atoms with Crippen LogP contribution in [0.3, 0.4) is 0 Å². The third-order valence-corrected chi connectivity index (χ3v) is 1.62. The highest BCUT2D eigenvalue weighted by Gasteiger charge is 2.24. The maximum absolute atomic E-state index is 8.35. The molecule has 0 N–H and O–H groups in total. The van der Waals surface area contributed by atoms with Gasteiger partial charge in [0.15, 0.2) is 0 Å². The summed E-state index contributed by atoms with van der Waals surface area (Å²) in [5, 5.41) is 13.7. The third-order valence-electron chi connectivity index (χ3n) is 1.62. The highest BCUT2D eigenvalue weighted by molar-refractivity contribution is 5.86. The van der Waals surface area contributed by atoms with E-state index in [0.29, 0.717) is 5.92 Å². The first-order valence-electron chi connectivity index (χ1n) is 3.42. The molecule has 0 aromatic rings. The van der Waals surface area contributed by atoms with Crippen LogP contribution in [0.2, 0.25) is 0 Å². The normalized spacial score (nSPS) is 18.3. The smallest absolute Gasteiger partial charge is 0.201 e. The molecule has 0 saturated heterocycles. The van der Waals surface area contributed by atoms with E-state index in [1.807, 2.05) is 13.1 Å². The van der Waals surface area contributed by atoms with Crippen molar-refractivity contribution in [3.8, 4) is 6.19 Å². The van der Waals surface area contributed by atoms with Crippen LogP contribution in [0.5, 0.6) is 0 Å². The van der Waals surface area contributed by atoms with Gasteiger partial charge in [-0.3, -0.25) is 0 Å². The first-order chi connectivity index (χ1) is 4.74. The maximum Gasteiger partial charge on any atom is 0.201 e. The first kappa shape index (κ1) is 7.07. The Hall–Kier alpha value is -1.04. The molecule has 0 aliphatic heterocycles. The molecule has 0 aromatic carbocycles. The largest absolute Gasteiger partial charge is 0.203 e. The van der Waals surface area contributed by atoms with Crippen LogP contribution in [0.25, 0.3) is 0 Å². The number of hydrazone groups is 1. The minimum Gasteiger partial charge on any atom is -0.203 e. The van der Waals surface area contributed by atoms with Crippen LogP contribution in [0.1, 0.15) is 19.8 Å². The van der Waals surface area contributed by atoms with E-state index in [1.54, 1.807) is 7.05 Å². The average molecular weight is 137 g/mol. The molecule has 0 unspecified atom stereocenters. The van der Waals surface area contributed by atoms with Gasteiger partial charge in [0.1, 0.15) is 0 Å². The molecule has 0 amide bonds. The summed E-state index contributed by atoms with van der Waals surface area (Å²) in [7, 11) is 1.66. The second-order valence-electron chi connectivity index (χ2n) is 2.64. The average Bonchev–Trinajstić information content (AvgIpc) is 2.68. The van der Waals surface area contributed by atoms with Crippen LogP contribution in [-0.4, -0.2) is 17.8 Å². The lowest BCUT2D eigenvalue weighted by molar-refractivity contribution is 0.507. The summed E-state index contributed by atoms with van der Waals surface area (Å²) in [5.41, 5.74) is 1.09. The summed E-state index contributed by atoms with van der Waals surface area (Å²) < 4.78 is 0. The SMILES string of the molecule is CC(=NN(C)C#N)C1CC1. The highest BCUT2D eigenvalue weighted by Crippen LogP contribution is 2.30. The number of nitriles is 1. The summed E-state index contributed by atoms with van der Waals surface area (Å²) in [4.78, 5) is 0. The molecule has 1 saturated carbocycles. The van der Waals surface area contributed by atoms with E-state index in [-0.39, 0.29) is 0 Å². The van der Waals surface area contributed by atoms with E-state index in [1.165, 1.54) is 17.9 Å². The zero-order valence-corrected chi connectivity index (χ0v) is 6.33. The summed E-state index contributed by atoms with van der Waals surface area (Å²) in [5.74, 6) is 0.663. The van der Waals surface area contributed by atoms with Crippen LogP contribution in [-0.2, 0) is 0 Å². The zero-order chi connectivity index (χ0) is 7.56. The monoisotopic (exact) mass is 137 g/mol. The predicted octanol–water partition coefficient (Wildman–Crippen LogP) is 1.19. The Kier molecular flexibility index (Phi) is 1.91. The van der Waals surface area contributed by atoms with Gasteiger partial charge in [0.05, 0.1) is 0 Å². The van der Waals surface area contributed by atoms with E-state index in [2.05, 4.69) is 5.10 Å². The molecular weight excluding hydrogens is 126 g/mol. The molecule has 0 aromatic heterocycles. The summed E-state index contributed by atoms with van der Waals surface area (Å²) in [6, 6.07) is 0. The fourth-order valence-corrected chi connectivity index (χ4v) is 0.842. The molecule has 1 aliphatic carbocycles. The molecule has 1 aliphatic rings. The van der Waals surface area contributed by atoms with Gasteiger partial charge in [-0.2, -0.15) is 10.4 Å². The van der Waals surface area contributed by atoms with Gasteiger partial charge in [-0.15, -0.1) is 0 Å². The fraction of sp³-hybridized carbons (Fsp3) is 0.714. The van der Waals surface area contributed by atoms with Crippen molar-refractivity contribution in [1.29, 1.82) is 5.26 Å². The molecule has 54 valence electrons. The van der Waals surface area contributed by atoms with Crippen LogP contribution < -0.4 is 0 Å². The molecule has 0 heterocycles. The van der Waals surface area contributed by atoms with E-state index < -0.39 is 0 Å². The van der Waals surface area contributed by atoms with Gasteiger partial charge in [0.25, 0.3) is 0 Å². The molecular formula is C7H11N3. The van der Waals surface area contributed by atoms with Gasteiger partial charge in [0.2, 0.25) is 6.19 Å². The van der Waals surface area contributed by atoms with Crippen molar-refractivity contribution in [2.75, 3.05) is 7.05 Å². The van der Waals surface area contributed by atoms with Crippen molar-refractivity contribution in [1.82, 2.24) is 5.01 Å². The minimum absolute atomic E-state index is 0.663. The predicted molar refractivity (Wildman–Crippen MR) is 39.2 cm³/mol. The quantitative estimate of drug-likeness (QED) is 0.248. The van der Waals surface area contributed by atoms with Crippen molar-refractivity contribution in [2.24, 2.45) is 11.0 Å². The van der Waals surface area contributed by atoms with Crippen LogP contribution in [0.4, 0.5) is 0 Å². The number of rotatable bonds is 2. The fourth-order valence-electron chi connectivity index (χ4n) is 0.842. The van der Waals surface area contributed by atoms with Gasteiger partial charge in [-0.25, -0.2) is 5.01 Å². The maximum atomic E-state index is 8.35. The van der Waals surface area contributed by atoms with E-state index >= 15 is 0 Å². The van der Waals surface area contributed by atoms with Crippen LogP contribution in [0.15, 0.2) is 5.10 Å². The molecule has 10 heavy (non-hydrogen) atoms. The van der Waals surface area contributed by atoms with Gasteiger partial charge in [-0.05, 0) is 25.7 Å². The lowest BCUT2D eigenvalue weighted by atomic mass is 10.3. The lowest BCUT2D eigenvalue weighted by Gasteiger charge is -2.01. The Morgan fingerprint density at radius 2 is 2.30 bits per heavy atom. The van der Waals surface area contributed by atoms with Crippen LogP contribution in [0, 0.1) is 17.4 Å². The van der Waals surface area contributed by atoms with Crippen LogP contribution >= 0.6 is 0 Å². The van der Waals surface area contributed by atoms with E-state index in [4.69, 9.17) is 5.26 Å². The van der Waals surface area contributed by atoms with Gasteiger partial charge in [-0.1, -0.05) is 0 Å². The molecule has 3 heteroatoms. The molecule has 0 atom stereocenters. The second-order valence-corrected chi connectivity index (χ2v) is 2.64. The Labute approximate surface area is 60.9 Å². The van der Waals surface area contributed by atoms with Crippen molar-refractivity contribution in [3.05, 3.63) is 0 Å². The second kappa shape index (κ2) is 2.70. The summed E-state index contributed by atoms with van der Waals surface area (Å²) in [6.07, 6.45) is 4.41. The minimum atomic E-state index is 0.663. The summed E-state index contributed by atoms with van der Waals surface area (Å²) in [6.45, 7) is 1.98. The molecule has 3 nitrogen and oxygen atoms in total. The topological polar surface area (TPSA) is 39.4 Å². The Bertz CT molecular complexity index is 186. The zero-order valence-electron chi connectivity index (χ0n) is 6.33. The Balaban J connectivity index is 2.45. The van der Waals surface area contributed by atoms with Crippen molar-refractivity contribution >= 4 is 5.71 Å². The first-order valence-corrected chi connectivity index (χ1v) is 3.42. The summed E-state index contributed by atoms with van der Waals surface area (Å²) >= 11 is 0. The van der Waals surface area contributed by atoms with Crippen molar-refractivity contribution < 1.29 is 0 Å². The Morgan fingerprint density at radius 3 is 2.70 bits per heavy atom.